The summed E-state index contributed by atoms with van der Waals surface area (Å²) < 4.78 is 4.15. The van der Waals surface area contributed by atoms with Gasteiger partial charge in [0, 0.05) is 0 Å². The molecule has 0 aliphatic carbocycles. The number of rotatable bonds is 4. The van der Waals surface area contributed by atoms with Gasteiger partial charge >= 0.3 is 14.0 Å². The number of hydrogen-bond donors (Lipinski definition) is 0. The fourth-order valence-corrected chi connectivity index (χ4v) is 2.28. The topological polar surface area (TPSA) is 72.9 Å². The molecule has 7 heteroatoms. The average Bonchev–Trinajstić information content (AvgIpc) is 2.84. The first-order chi connectivity index (χ1) is 11.1. The molecule has 3 rings (SSSR count). The number of fused-ring (bicyclic) bond motifs is 1. The van der Waals surface area contributed by atoms with Gasteiger partial charge in [0.2, 0.25) is 0 Å². The first-order valence-corrected chi connectivity index (χ1v) is 6.72. The predicted molar refractivity (Wildman–Crippen MR) is 79.3 cm³/mol. The summed E-state index contributed by atoms with van der Waals surface area (Å²) in [5, 5.41) is 0.721. The molecule has 0 saturated heterocycles. The van der Waals surface area contributed by atoms with E-state index in [1.54, 1.807) is 36.4 Å². The van der Waals surface area contributed by atoms with Crippen LogP contribution < -0.4 is 0 Å². The summed E-state index contributed by atoms with van der Waals surface area (Å²) in [5.41, 5.74) is 1.44. The Bertz CT molecular complexity index is 770. The van der Waals surface area contributed by atoms with Gasteiger partial charge in [-0.05, 0) is 29.8 Å². The monoisotopic (exact) mass is 307 g/mol. The van der Waals surface area contributed by atoms with Crippen molar-refractivity contribution in [2.45, 2.75) is 6.61 Å². The molecule has 2 aromatic carbocycles. The average molecular weight is 307 g/mol. The van der Waals surface area contributed by atoms with E-state index in [1.165, 1.54) is 12.1 Å². The smallest absolute Gasteiger partial charge is 0.378 e. The Morgan fingerprint density at radius 3 is 2.26 bits per heavy atom. The Hall–Kier alpha value is -2.93. The van der Waals surface area contributed by atoms with Crippen LogP contribution in [0.1, 0.15) is 36.6 Å². The highest BCUT2D eigenvalue weighted by Crippen LogP contribution is 2.23. The molecule has 0 bridgehead atoms. The third-order valence-corrected chi connectivity index (χ3v) is 3.39. The molecule has 1 heterocycles. The summed E-state index contributed by atoms with van der Waals surface area (Å²) in [7, 11) is 4.83. The predicted octanol–water partition coefficient (Wildman–Crippen LogP) is 1.65. The zero-order chi connectivity index (χ0) is 16.4. The lowest BCUT2D eigenvalue weighted by atomic mass is 10.1. The maximum atomic E-state index is 12.1. The van der Waals surface area contributed by atoms with E-state index in [2.05, 4.69) is 4.65 Å². The highest BCUT2D eigenvalue weighted by Gasteiger charge is 2.36. The van der Waals surface area contributed by atoms with Gasteiger partial charge in [0.25, 0.3) is 11.8 Å². The van der Waals surface area contributed by atoms with Crippen molar-refractivity contribution >= 4 is 25.8 Å². The van der Waals surface area contributed by atoms with Crippen molar-refractivity contribution in [3.05, 3.63) is 70.8 Å². The van der Waals surface area contributed by atoms with E-state index in [4.69, 9.17) is 12.9 Å². The summed E-state index contributed by atoms with van der Waals surface area (Å²) in [6.07, 6.45) is 0. The molecule has 6 nitrogen and oxygen atoms in total. The maximum absolute atomic E-state index is 12.1. The van der Waals surface area contributed by atoms with Gasteiger partial charge < -0.3 is 4.65 Å². The van der Waals surface area contributed by atoms with Crippen molar-refractivity contribution in [2.24, 2.45) is 0 Å². The van der Waals surface area contributed by atoms with Crippen molar-refractivity contribution < 1.29 is 23.9 Å². The maximum Gasteiger partial charge on any atom is 0.378 e. The molecule has 0 fully saturated rings. The van der Waals surface area contributed by atoms with E-state index >= 15 is 0 Å². The second kappa shape index (κ2) is 6.06. The third-order valence-electron chi connectivity index (χ3n) is 3.39. The fraction of sp³-hybridized carbons (Fsp3) is 0.0625. The number of hydroxylamine groups is 2. The lowest BCUT2D eigenvalue weighted by Gasteiger charge is -2.13. The number of hydrogen-bond acceptors (Lipinski definition) is 5. The molecule has 112 valence electrons. The lowest BCUT2D eigenvalue weighted by molar-refractivity contribution is -0.101. The molecular formula is C16H10BNO5. The Labute approximate surface area is 133 Å². The second-order valence-electron chi connectivity index (χ2n) is 4.83. The summed E-state index contributed by atoms with van der Waals surface area (Å²) in [4.78, 5) is 41.0. The van der Waals surface area contributed by atoms with Crippen molar-refractivity contribution in [3.63, 3.8) is 0 Å². The van der Waals surface area contributed by atoms with Crippen molar-refractivity contribution in [1.29, 1.82) is 0 Å². The summed E-state index contributed by atoms with van der Waals surface area (Å²) in [6.45, 7) is -0.0584. The Morgan fingerprint density at radius 2 is 1.65 bits per heavy atom. The number of benzene rings is 2. The van der Waals surface area contributed by atoms with Crippen LogP contribution in [0.2, 0.25) is 0 Å². The highest BCUT2D eigenvalue weighted by molar-refractivity contribution is 6.20. The molecule has 2 aromatic rings. The fourth-order valence-electron chi connectivity index (χ4n) is 2.28. The Morgan fingerprint density at radius 1 is 1.00 bits per heavy atom. The standard InChI is InChI=1S/C16H10BNO5/c17-23-16(21)11-5-3-4-10(8-11)9-22-18-14(19)12-6-1-2-7-13(12)15(18)20/h1-8H,9H2. The molecule has 0 atom stereocenters. The van der Waals surface area contributed by atoms with Gasteiger partial charge in [-0.1, -0.05) is 24.3 Å². The minimum Gasteiger partial charge on any atom is -0.540 e. The molecule has 1 aliphatic rings. The largest absolute Gasteiger partial charge is 0.540 e. The van der Waals surface area contributed by atoms with Crippen LogP contribution in [-0.4, -0.2) is 30.9 Å². The van der Waals surface area contributed by atoms with Crippen LogP contribution in [0.15, 0.2) is 48.5 Å². The van der Waals surface area contributed by atoms with Gasteiger partial charge in [0.15, 0.2) is 0 Å². The molecule has 0 saturated carbocycles. The minimum absolute atomic E-state index is 0.0584. The van der Waals surface area contributed by atoms with E-state index in [-0.39, 0.29) is 12.2 Å². The van der Waals surface area contributed by atoms with Crippen molar-refractivity contribution in [1.82, 2.24) is 5.06 Å². The zero-order valence-electron chi connectivity index (χ0n) is 11.9. The van der Waals surface area contributed by atoms with E-state index in [1.807, 2.05) is 0 Å². The molecule has 2 radical (unpaired) electrons. The third kappa shape index (κ3) is 2.74. The van der Waals surface area contributed by atoms with Crippen LogP contribution in [0, 0.1) is 0 Å². The number of carbonyl (C=O) groups is 3. The van der Waals surface area contributed by atoms with E-state index in [9.17, 15) is 14.4 Å². The van der Waals surface area contributed by atoms with E-state index in [0.717, 1.165) is 5.06 Å². The molecule has 1 aliphatic heterocycles. The van der Waals surface area contributed by atoms with Gasteiger partial charge in [-0.2, -0.15) is 0 Å². The highest BCUT2D eigenvalue weighted by atomic mass is 16.7. The van der Waals surface area contributed by atoms with Crippen LogP contribution in [0.25, 0.3) is 0 Å². The van der Waals surface area contributed by atoms with Gasteiger partial charge in [0.1, 0.15) is 6.61 Å². The lowest BCUT2D eigenvalue weighted by Crippen LogP contribution is -2.29. The summed E-state index contributed by atoms with van der Waals surface area (Å²) in [6, 6.07) is 12.8. The number of amides is 2. The zero-order valence-corrected chi connectivity index (χ0v) is 11.9. The number of imide groups is 1. The van der Waals surface area contributed by atoms with Gasteiger partial charge in [0.05, 0.1) is 16.7 Å². The Balaban J connectivity index is 1.74. The Kier molecular flexibility index (Phi) is 3.95. The molecular weight excluding hydrogens is 297 g/mol. The van der Waals surface area contributed by atoms with Crippen LogP contribution in [0.4, 0.5) is 0 Å². The van der Waals surface area contributed by atoms with E-state index < -0.39 is 17.8 Å². The van der Waals surface area contributed by atoms with E-state index in [0.29, 0.717) is 16.7 Å². The van der Waals surface area contributed by atoms with Gasteiger partial charge in [-0.15, -0.1) is 5.06 Å². The summed E-state index contributed by atoms with van der Waals surface area (Å²) in [5.74, 6) is -1.71. The molecule has 0 N–H and O–H groups in total. The van der Waals surface area contributed by atoms with Crippen molar-refractivity contribution in [2.75, 3.05) is 0 Å². The normalized spacial score (nSPS) is 13.1. The molecule has 23 heavy (non-hydrogen) atoms. The SMILES string of the molecule is [B]OC(=O)c1cccc(CON2C(=O)c3ccccc3C2=O)c1. The molecule has 0 aromatic heterocycles. The number of nitrogens with zero attached hydrogens (tertiary/aromatic N) is 1. The molecule has 0 spiro atoms. The van der Waals surface area contributed by atoms with Crippen LogP contribution >= 0.6 is 0 Å². The molecule has 0 unspecified atom stereocenters. The minimum atomic E-state index is -0.687. The van der Waals surface area contributed by atoms with Crippen LogP contribution in [-0.2, 0) is 16.1 Å². The van der Waals surface area contributed by atoms with Gasteiger partial charge in [-0.25, -0.2) is 4.79 Å². The van der Waals surface area contributed by atoms with Crippen LogP contribution in [0.3, 0.4) is 0 Å². The number of carbonyl (C=O) groups excluding carboxylic acids is 3. The second-order valence-corrected chi connectivity index (χ2v) is 4.83. The first kappa shape index (κ1) is 15.0. The van der Waals surface area contributed by atoms with Crippen molar-refractivity contribution in [3.8, 4) is 0 Å². The van der Waals surface area contributed by atoms with Gasteiger partial charge in [-0.3, -0.25) is 14.4 Å². The quantitative estimate of drug-likeness (QED) is 0.634. The first-order valence-electron chi connectivity index (χ1n) is 6.72. The summed E-state index contributed by atoms with van der Waals surface area (Å²) >= 11 is 0. The molecule has 2 amide bonds. The van der Waals surface area contributed by atoms with Crippen LogP contribution in [0.5, 0.6) is 0 Å².